The van der Waals surface area contributed by atoms with Crippen LogP contribution in [0.3, 0.4) is 0 Å². The molecule has 0 radical (unpaired) electrons. The highest BCUT2D eigenvalue weighted by Gasteiger charge is 2.09. The van der Waals surface area contributed by atoms with E-state index in [0.717, 1.165) is 18.2 Å². The van der Waals surface area contributed by atoms with Crippen molar-refractivity contribution in [1.82, 2.24) is 0 Å². The Labute approximate surface area is 78.9 Å². The van der Waals surface area contributed by atoms with Gasteiger partial charge in [-0.2, -0.15) is 0 Å². The van der Waals surface area contributed by atoms with E-state index in [1.165, 1.54) is 6.07 Å². The van der Waals surface area contributed by atoms with Crippen molar-refractivity contribution in [3.63, 3.8) is 0 Å². The van der Waals surface area contributed by atoms with Crippen molar-refractivity contribution in [2.75, 3.05) is 0 Å². The Bertz CT molecular complexity index is 391. The van der Waals surface area contributed by atoms with Crippen molar-refractivity contribution in [1.29, 1.82) is 0 Å². The van der Waals surface area contributed by atoms with Gasteiger partial charge in [-0.25, -0.2) is 8.78 Å². The molecule has 76 valence electrons. The Morgan fingerprint density at radius 3 is 2.14 bits per heavy atom. The first-order chi connectivity index (χ1) is 6.40. The molecule has 0 unspecified atom stereocenters. The minimum atomic E-state index is -4.38. The predicted molar refractivity (Wildman–Crippen MR) is 47.4 cm³/mol. The third kappa shape index (κ3) is 3.03. The highest BCUT2D eigenvalue weighted by atomic mass is 31.2. The van der Waals surface area contributed by atoms with Crippen LogP contribution in [0.25, 0.3) is 6.08 Å². The third-order valence-corrected chi connectivity index (χ3v) is 1.97. The van der Waals surface area contributed by atoms with Gasteiger partial charge in [-0.05, 0) is 18.2 Å². The highest BCUT2D eigenvalue weighted by molar-refractivity contribution is 7.55. The molecular formula is C8H7F2O3P. The first kappa shape index (κ1) is 11.0. The minimum absolute atomic E-state index is 0.453. The van der Waals surface area contributed by atoms with E-state index in [-0.39, 0.29) is 0 Å². The monoisotopic (exact) mass is 220 g/mol. The SMILES string of the molecule is O=P(O)(O)C=Cc1c(F)cccc1F. The zero-order valence-electron chi connectivity index (χ0n) is 6.89. The largest absolute Gasteiger partial charge is 0.349 e. The van der Waals surface area contributed by atoms with Crippen LogP contribution in [0.5, 0.6) is 0 Å². The number of rotatable bonds is 2. The molecule has 14 heavy (non-hydrogen) atoms. The Hall–Kier alpha value is -1.03. The van der Waals surface area contributed by atoms with Gasteiger partial charge < -0.3 is 9.79 Å². The lowest BCUT2D eigenvalue weighted by Gasteiger charge is -1.99. The fraction of sp³-hybridized carbons (Fsp3) is 0. The summed E-state index contributed by atoms with van der Waals surface area (Å²) in [5.74, 6) is -1.28. The zero-order valence-corrected chi connectivity index (χ0v) is 7.79. The first-order valence-corrected chi connectivity index (χ1v) is 5.27. The minimum Gasteiger partial charge on any atom is -0.321 e. The van der Waals surface area contributed by atoms with Gasteiger partial charge in [0, 0.05) is 11.4 Å². The predicted octanol–water partition coefficient (Wildman–Crippen LogP) is 2.11. The summed E-state index contributed by atoms with van der Waals surface area (Å²) >= 11 is 0. The molecule has 0 bridgehead atoms. The maximum absolute atomic E-state index is 12.9. The van der Waals surface area contributed by atoms with Crippen LogP contribution in [0.1, 0.15) is 5.56 Å². The van der Waals surface area contributed by atoms with Gasteiger partial charge in [0.25, 0.3) is 0 Å². The van der Waals surface area contributed by atoms with Crippen molar-refractivity contribution < 1.29 is 23.1 Å². The van der Waals surface area contributed by atoms with Crippen LogP contribution in [0.15, 0.2) is 24.0 Å². The number of hydrogen-bond acceptors (Lipinski definition) is 1. The second kappa shape index (κ2) is 4.00. The van der Waals surface area contributed by atoms with Crippen molar-refractivity contribution in [2.45, 2.75) is 0 Å². The lowest BCUT2D eigenvalue weighted by molar-refractivity contribution is 0.386. The molecule has 0 aliphatic rings. The van der Waals surface area contributed by atoms with Crippen molar-refractivity contribution >= 4 is 13.7 Å². The summed E-state index contributed by atoms with van der Waals surface area (Å²) in [7, 11) is -4.38. The van der Waals surface area contributed by atoms with Crippen molar-refractivity contribution in [3.8, 4) is 0 Å². The topological polar surface area (TPSA) is 57.5 Å². The van der Waals surface area contributed by atoms with Gasteiger partial charge >= 0.3 is 7.60 Å². The van der Waals surface area contributed by atoms with E-state index in [9.17, 15) is 13.3 Å². The summed E-state index contributed by atoms with van der Waals surface area (Å²) in [6.07, 6.45) is 0.728. The van der Waals surface area contributed by atoms with E-state index in [0.29, 0.717) is 5.82 Å². The third-order valence-electron chi connectivity index (χ3n) is 1.44. The van der Waals surface area contributed by atoms with E-state index in [2.05, 4.69) is 0 Å². The number of benzene rings is 1. The molecule has 0 fully saturated rings. The molecule has 1 rings (SSSR count). The van der Waals surface area contributed by atoms with Gasteiger partial charge in [-0.1, -0.05) is 6.07 Å². The molecule has 1 aromatic carbocycles. The fourth-order valence-electron chi connectivity index (χ4n) is 0.842. The van der Waals surface area contributed by atoms with Gasteiger partial charge in [0.15, 0.2) is 0 Å². The van der Waals surface area contributed by atoms with E-state index >= 15 is 0 Å². The average molecular weight is 220 g/mol. The molecule has 1 aromatic rings. The summed E-state index contributed by atoms with van der Waals surface area (Å²) in [6.45, 7) is 0. The molecule has 2 N–H and O–H groups in total. The smallest absolute Gasteiger partial charge is 0.321 e. The number of halogens is 2. The van der Waals surface area contributed by atoms with Crippen LogP contribution in [0.2, 0.25) is 0 Å². The van der Waals surface area contributed by atoms with Gasteiger partial charge in [0.2, 0.25) is 0 Å². The van der Waals surface area contributed by atoms with Gasteiger partial charge in [0.05, 0.1) is 0 Å². The molecule has 0 amide bonds. The normalized spacial score (nSPS) is 12.3. The van der Waals surface area contributed by atoms with Gasteiger partial charge in [-0.3, -0.25) is 4.57 Å². The molecule has 6 heteroatoms. The van der Waals surface area contributed by atoms with Crippen LogP contribution in [0, 0.1) is 11.6 Å². The van der Waals surface area contributed by atoms with Crippen molar-refractivity contribution in [2.24, 2.45) is 0 Å². The summed E-state index contributed by atoms with van der Waals surface area (Å²) < 4.78 is 36.2. The molecule has 0 saturated carbocycles. The Morgan fingerprint density at radius 2 is 1.71 bits per heavy atom. The van der Waals surface area contributed by atoms with E-state index in [1.807, 2.05) is 0 Å². The molecule has 0 aliphatic carbocycles. The first-order valence-electron chi connectivity index (χ1n) is 3.58. The quantitative estimate of drug-likeness (QED) is 0.750. The van der Waals surface area contributed by atoms with Crippen LogP contribution in [-0.4, -0.2) is 9.79 Å². The Kier molecular flexibility index (Phi) is 3.16. The summed E-state index contributed by atoms with van der Waals surface area (Å²) in [5.41, 5.74) is -0.462. The van der Waals surface area contributed by atoms with Gasteiger partial charge in [0.1, 0.15) is 11.6 Å². The number of hydrogen-bond donors (Lipinski definition) is 2. The fourth-order valence-corrected chi connectivity index (χ4v) is 1.18. The molecule has 0 aliphatic heterocycles. The van der Waals surface area contributed by atoms with Crippen LogP contribution in [0.4, 0.5) is 8.78 Å². The molecular weight excluding hydrogens is 213 g/mol. The highest BCUT2D eigenvalue weighted by Crippen LogP contribution is 2.37. The summed E-state index contributed by atoms with van der Waals surface area (Å²) in [6, 6.07) is 3.17. The molecule has 0 atom stereocenters. The zero-order chi connectivity index (χ0) is 10.8. The van der Waals surface area contributed by atoms with Gasteiger partial charge in [-0.15, -0.1) is 0 Å². The maximum Gasteiger partial charge on any atom is 0.349 e. The van der Waals surface area contributed by atoms with E-state index < -0.39 is 24.8 Å². The Balaban J connectivity index is 3.09. The van der Waals surface area contributed by atoms with Crippen LogP contribution < -0.4 is 0 Å². The van der Waals surface area contributed by atoms with Crippen LogP contribution >= 0.6 is 7.60 Å². The molecule has 0 saturated heterocycles. The summed E-state index contributed by atoms with van der Waals surface area (Å²) in [5, 5.41) is 0. The summed E-state index contributed by atoms with van der Waals surface area (Å²) in [4.78, 5) is 16.9. The average Bonchev–Trinajstić information content (AvgIpc) is 2.01. The Morgan fingerprint density at radius 1 is 1.21 bits per heavy atom. The maximum atomic E-state index is 12.9. The van der Waals surface area contributed by atoms with E-state index in [1.54, 1.807) is 0 Å². The lowest BCUT2D eigenvalue weighted by Crippen LogP contribution is -1.87. The second-order valence-electron chi connectivity index (χ2n) is 2.54. The molecule has 3 nitrogen and oxygen atoms in total. The van der Waals surface area contributed by atoms with E-state index in [4.69, 9.17) is 9.79 Å². The molecule has 0 spiro atoms. The molecule has 0 aromatic heterocycles. The lowest BCUT2D eigenvalue weighted by atomic mass is 10.2. The van der Waals surface area contributed by atoms with Crippen LogP contribution in [-0.2, 0) is 4.57 Å². The van der Waals surface area contributed by atoms with Crippen molar-refractivity contribution in [3.05, 3.63) is 41.2 Å². The second-order valence-corrected chi connectivity index (χ2v) is 4.02. The standard InChI is InChI=1S/C8H7F2O3P/c9-7-2-1-3-8(10)6(7)4-5-14(11,12)13/h1-5H,(H2,11,12,13). The molecule has 0 heterocycles.